The largest absolute Gasteiger partial charge is 0.504 e. The van der Waals surface area contributed by atoms with Crippen molar-refractivity contribution in [1.29, 1.82) is 0 Å². The van der Waals surface area contributed by atoms with Crippen molar-refractivity contribution in [2.45, 2.75) is 19.8 Å². The van der Waals surface area contributed by atoms with Crippen LogP contribution >= 0.6 is 0 Å². The van der Waals surface area contributed by atoms with E-state index in [-0.39, 0.29) is 30.3 Å². The summed E-state index contributed by atoms with van der Waals surface area (Å²) in [7, 11) is 0. The van der Waals surface area contributed by atoms with Gasteiger partial charge in [0, 0.05) is 24.6 Å². The maximum absolute atomic E-state index is 11.9. The van der Waals surface area contributed by atoms with E-state index in [0.29, 0.717) is 18.3 Å². The Labute approximate surface area is 149 Å². The van der Waals surface area contributed by atoms with Crippen LogP contribution in [0.5, 0.6) is 11.5 Å². The van der Waals surface area contributed by atoms with E-state index in [1.807, 2.05) is 31.2 Å². The Bertz CT molecular complexity index is 877. The molecule has 0 fully saturated rings. The van der Waals surface area contributed by atoms with E-state index in [9.17, 15) is 9.90 Å². The molecule has 0 aliphatic heterocycles. The Kier molecular flexibility index (Phi) is 5.43. The Morgan fingerprint density at radius 3 is 2.81 bits per heavy atom. The number of aryl methyl sites for hydroxylation is 1. The van der Waals surface area contributed by atoms with Crippen molar-refractivity contribution in [2.75, 3.05) is 11.9 Å². The van der Waals surface area contributed by atoms with Gasteiger partial charge < -0.3 is 19.7 Å². The highest BCUT2D eigenvalue weighted by molar-refractivity contribution is 5.91. The third-order valence-corrected chi connectivity index (χ3v) is 3.50. The smallest absolute Gasteiger partial charge is 0.227 e. The fourth-order valence-corrected chi connectivity index (χ4v) is 2.25. The number of rotatable bonds is 7. The first-order valence-electron chi connectivity index (χ1n) is 8.15. The SMILES string of the molecule is CCOc1ccc(-c2noc(CCC(=O)Nc3ncccc3O)n2)cc1. The maximum Gasteiger partial charge on any atom is 0.227 e. The van der Waals surface area contributed by atoms with Gasteiger partial charge in [0.25, 0.3) is 0 Å². The monoisotopic (exact) mass is 354 g/mol. The van der Waals surface area contributed by atoms with Crippen molar-refractivity contribution in [1.82, 2.24) is 15.1 Å². The molecule has 0 aliphatic carbocycles. The fraction of sp³-hybridized carbons (Fsp3) is 0.222. The lowest BCUT2D eigenvalue weighted by atomic mass is 10.2. The standard InChI is InChI=1S/C18H18N4O4/c1-2-25-13-7-5-12(6-8-13)17-21-16(26-22-17)10-9-15(24)20-18-14(23)4-3-11-19-18/h3-8,11,23H,2,9-10H2,1H3,(H,19,20,24). The van der Waals surface area contributed by atoms with Gasteiger partial charge in [-0.05, 0) is 43.3 Å². The van der Waals surface area contributed by atoms with Crippen molar-refractivity contribution in [3.63, 3.8) is 0 Å². The van der Waals surface area contributed by atoms with Crippen LogP contribution < -0.4 is 10.1 Å². The number of hydrogen-bond donors (Lipinski definition) is 2. The second-order valence-electron chi connectivity index (χ2n) is 5.39. The molecule has 0 bridgehead atoms. The van der Waals surface area contributed by atoms with Crippen molar-refractivity contribution >= 4 is 11.7 Å². The predicted molar refractivity (Wildman–Crippen MR) is 93.8 cm³/mol. The number of nitrogens with one attached hydrogen (secondary N) is 1. The lowest BCUT2D eigenvalue weighted by Gasteiger charge is -2.04. The summed E-state index contributed by atoms with van der Waals surface area (Å²) >= 11 is 0. The molecule has 0 saturated carbocycles. The molecule has 2 heterocycles. The van der Waals surface area contributed by atoms with Crippen molar-refractivity contribution in [3.05, 3.63) is 48.5 Å². The van der Waals surface area contributed by atoms with Crippen LogP contribution in [-0.2, 0) is 11.2 Å². The summed E-state index contributed by atoms with van der Waals surface area (Å²) in [6, 6.07) is 10.4. The fourth-order valence-electron chi connectivity index (χ4n) is 2.25. The van der Waals surface area contributed by atoms with Gasteiger partial charge in [-0.3, -0.25) is 4.79 Å². The number of ether oxygens (including phenoxy) is 1. The van der Waals surface area contributed by atoms with Crippen LogP contribution in [0.25, 0.3) is 11.4 Å². The number of carbonyl (C=O) groups excluding carboxylic acids is 1. The van der Waals surface area contributed by atoms with Crippen LogP contribution in [-0.4, -0.2) is 32.7 Å². The summed E-state index contributed by atoms with van der Waals surface area (Å²) in [5, 5.41) is 16.1. The quantitative estimate of drug-likeness (QED) is 0.671. The summed E-state index contributed by atoms with van der Waals surface area (Å²) in [5.41, 5.74) is 0.798. The van der Waals surface area contributed by atoms with Gasteiger partial charge in [0.15, 0.2) is 11.6 Å². The first-order valence-corrected chi connectivity index (χ1v) is 8.15. The van der Waals surface area contributed by atoms with Gasteiger partial charge in [0.1, 0.15) is 5.75 Å². The van der Waals surface area contributed by atoms with Gasteiger partial charge in [-0.2, -0.15) is 4.98 Å². The van der Waals surface area contributed by atoms with E-state index in [2.05, 4.69) is 20.4 Å². The van der Waals surface area contributed by atoms with Crippen LogP contribution in [0, 0.1) is 0 Å². The molecule has 0 spiro atoms. The molecule has 134 valence electrons. The first-order chi connectivity index (χ1) is 12.7. The summed E-state index contributed by atoms with van der Waals surface area (Å²) < 4.78 is 10.6. The molecular weight excluding hydrogens is 336 g/mol. The number of anilines is 1. The lowest BCUT2D eigenvalue weighted by Crippen LogP contribution is -2.13. The average Bonchev–Trinajstić information content (AvgIpc) is 3.12. The summed E-state index contributed by atoms with van der Waals surface area (Å²) in [5.74, 6) is 1.31. The highest BCUT2D eigenvalue weighted by atomic mass is 16.5. The molecule has 1 amide bonds. The van der Waals surface area contributed by atoms with Gasteiger partial charge in [0.05, 0.1) is 6.61 Å². The van der Waals surface area contributed by atoms with Crippen LogP contribution in [0.1, 0.15) is 19.2 Å². The Morgan fingerprint density at radius 2 is 2.08 bits per heavy atom. The van der Waals surface area contributed by atoms with Gasteiger partial charge in [-0.15, -0.1) is 0 Å². The molecule has 0 saturated heterocycles. The Balaban J connectivity index is 1.56. The van der Waals surface area contributed by atoms with E-state index >= 15 is 0 Å². The van der Waals surface area contributed by atoms with Gasteiger partial charge in [-0.25, -0.2) is 4.98 Å². The molecule has 3 rings (SSSR count). The molecule has 2 aromatic heterocycles. The third kappa shape index (κ3) is 4.35. The van der Waals surface area contributed by atoms with Crippen molar-refractivity contribution < 1.29 is 19.2 Å². The summed E-state index contributed by atoms with van der Waals surface area (Å²) in [6.07, 6.45) is 1.89. The maximum atomic E-state index is 11.9. The van der Waals surface area contributed by atoms with Crippen molar-refractivity contribution in [3.8, 4) is 22.9 Å². The molecule has 0 aliphatic rings. The average molecular weight is 354 g/mol. The number of aromatic hydroxyl groups is 1. The zero-order chi connectivity index (χ0) is 18.4. The molecule has 1 aromatic carbocycles. The zero-order valence-corrected chi connectivity index (χ0v) is 14.2. The van der Waals surface area contributed by atoms with E-state index in [1.54, 1.807) is 6.07 Å². The minimum Gasteiger partial charge on any atom is -0.504 e. The molecule has 8 heteroatoms. The highest BCUT2D eigenvalue weighted by Crippen LogP contribution is 2.21. The zero-order valence-electron chi connectivity index (χ0n) is 14.2. The number of hydrogen-bond acceptors (Lipinski definition) is 7. The molecule has 26 heavy (non-hydrogen) atoms. The van der Waals surface area contributed by atoms with E-state index < -0.39 is 0 Å². The number of benzene rings is 1. The predicted octanol–water partition coefficient (Wildman–Crippen LogP) is 2.81. The molecular formula is C18H18N4O4. The van der Waals surface area contributed by atoms with E-state index in [4.69, 9.17) is 9.26 Å². The number of amides is 1. The highest BCUT2D eigenvalue weighted by Gasteiger charge is 2.12. The second-order valence-corrected chi connectivity index (χ2v) is 5.39. The first kappa shape index (κ1) is 17.4. The Hall–Kier alpha value is -3.42. The van der Waals surface area contributed by atoms with Gasteiger partial charge in [0.2, 0.25) is 17.6 Å². The molecule has 8 nitrogen and oxygen atoms in total. The number of carbonyl (C=O) groups is 1. The number of pyridine rings is 1. The van der Waals surface area contributed by atoms with Crippen LogP contribution in [0.4, 0.5) is 5.82 Å². The van der Waals surface area contributed by atoms with E-state index in [1.165, 1.54) is 12.3 Å². The minimum absolute atomic E-state index is 0.0866. The van der Waals surface area contributed by atoms with Gasteiger partial charge >= 0.3 is 0 Å². The normalized spacial score (nSPS) is 10.5. The summed E-state index contributed by atoms with van der Waals surface area (Å²) in [4.78, 5) is 20.1. The number of aromatic nitrogens is 3. The summed E-state index contributed by atoms with van der Waals surface area (Å²) in [6.45, 7) is 2.52. The van der Waals surface area contributed by atoms with Crippen molar-refractivity contribution in [2.24, 2.45) is 0 Å². The van der Waals surface area contributed by atoms with Crippen LogP contribution in [0.2, 0.25) is 0 Å². The third-order valence-electron chi connectivity index (χ3n) is 3.50. The molecule has 0 atom stereocenters. The molecule has 3 aromatic rings. The molecule has 2 N–H and O–H groups in total. The van der Waals surface area contributed by atoms with E-state index in [0.717, 1.165) is 11.3 Å². The number of nitrogens with zero attached hydrogens (tertiary/aromatic N) is 3. The molecule has 0 unspecified atom stereocenters. The van der Waals surface area contributed by atoms with Gasteiger partial charge in [-0.1, -0.05) is 5.16 Å². The van der Waals surface area contributed by atoms with Crippen LogP contribution in [0.3, 0.4) is 0 Å². The minimum atomic E-state index is -0.306. The lowest BCUT2D eigenvalue weighted by molar-refractivity contribution is -0.116. The topological polar surface area (TPSA) is 110 Å². The Morgan fingerprint density at radius 1 is 1.27 bits per heavy atom. The second kappa shape index (κ2) is 8.11. The molecule has 0 radical (unpaired) electrons. The van der Waals surface area contributed by atoms with Crippen LogP contribution in [0.15, 0.2) is 47.1 Å².